The predicted octanol–water partition coefficient (Wildman–Crippen LogP) is 6.74. The van der Waals surface area contributed by atoms with E-state index in [9.17, 15) is 9.90 Å². The molecule has 170 valence electrons. The first-order valence-corrected chi connectivity index (χ1v) is 14.5. The first-order chi connectivity index (χ1) is 15.7. The number of aldehydes is 1. The zero-order valence-electron chi connectivity index (χ0n) is 25.5. The molecular weight excluding hydrogens is 376 g/mol. The van der Waals surface area contributed by atoms with Crippen molar-refractivity contribution in [3.63, 3.8) is 0 Å². The normalized spacial score (nSPS) is 36.0. The topological polar surface area (TPSA) is 46.5 Å². The van der Waals surface area contributed by atoms with Crippen molar-refractivity contribution in [1.29, 1.82) is 0 Å². The molecule has 29 heavy (non-hydrogen) atoms. The van der Waals surface area contributed by atoms with Crippen LogP contribution in [0.3, 0.4) is 0 Å². The molecule has 2 aliphatic carbocycles. The van der Waals surface area contributed by atoms with Crippen molar-refractivity contribution in [1.82, 2.24) is 0 Å². The van der Waals surface area contributed by atoms with Crippen LogP contribution in [0.15, 0.2) is 0 Å². The summed E-state index contributed by atoms with van der Waals surface area (Å²) in [6.45, 7) is 7.74. The summed E-state index contributed by atoms with van der Waals surface area (Å²) in [4.78, 5) is 11.6. The Hall–Kier alpha value is -0.193. The molecule has 4 heteroatoms. The molecule has 0 aromatic heterocycles. The van der Waals surface area contributed by atoms with Crippen LogP contribution in [-0.4, -0.2) is 31.4 Å². The van der Waals surface area contributed by atoms with Gasteiger partial charge in [0.15, 0.2) is 8.32 Å². The van der Waals surface area contributed by atoms with Crippen LogP contribution in [0.5, 0.6) is 0 Å². The Balaban J connectivity index is 2.18. The van der Waals surface area contributed by atoms with E-state index in [1.807, 2.05) is 0 Å². The summed E-state index contributed by atoms with van der Waals surface area (Å²) in [5.41, 5.74) is -2.69. The Labute approximate surface area is 189 Å². The largest absolute Gasteiger partial charge is 0.414 e. The molecular formula is C25H48O3Si. The zero-order valence-corrected chi connectivity index (χ0v) is 20.5. The van der Waals surface area contributed by atoms with Crippen LogP contribution in [0.25, 0.3) is 0 Å². The van der Waals surface area contributed by atoms with Gasteiger partial charge in [-0.2, -0.15) is 0 Å². The second kappa shape index (κ2) is 9.12. The van der Waals surface area contributed by atoms with Gasteiger partial charge >= 0.3 is 0 Å². The molecule has 0 aliphatic heterocycles. The van der Waals surface area contributed by atoms with Crippen molar-refractivity contribution >= 4 is 14.6 Å². The highest BCUT2D eigenvalue weighted by Gasteiger charge is 2.54. The van der Waals surface area contributed by atoms with Gasteiger partial charge in [0.25, 0.3) is 0 Å². The highest BCUT2D eigenvalue weighted by Crippen LogP contribution is 2.60. The lowest BCUT2D eigenvalue weighted by molar-refractivity contribution is -0.109. The molecule has 0 spiro atoms. The van der Waals surface area contributed by atoms with E-state index in [0.29, 0.717) is 24.7 Å². The van der Waals surface area contributed by atoms with E-state index in [2.05, 4.69) is 40.8 Å². The van der Waals surface area contributed by atoms with Crippen LogP contribution in [0.2, 0.25) is 18.1 Å². The number of carbonyl (C=O) groups is 1. The average molecular weight is 431 g/mol. The summed E-state index contributed by atoms with van der Waals surface area (Å²) in [5.74, 6) is 0.787. The maximum atomic E-state index is 11.6. The van der Waals surface area contributed by atoms with Gasteiger partial charge in [-0.05, 0) is 93.5 Å². The maximum Gasteiger partial charge on any atom is 0.192 e. The fraction of sp³-hybridized carbons (Fsp3) is 0.960. The zero-order chi connectivity index (χ0) is 27.1. The van der Waals surface area contributed by atoms with E-state index in [4.69, 9.17) is 12.7 Å². The smallest absolute Gasteiger partial charge is 0.192 e. The first kappa shape index (κ1) is 17.4. The van der Waals surface area contributed by atoms with Gasteiger partial charge in [-0.25, -0.2) is 0 Å². The molecule has 1 N–H and O–H groups in total. The molecule has 2 aliphatic rings. The average Bonchev–Trinajstić information content (AvgIpc) is 3.02. The summed E-state index contributed by atoms with van der Waals surface area (Å²) in [6.07, 6.45) is 7.31. The highest BCUT2D eigenvalue weighted by molar-refractivity contribution is 6.74. The van der Waals surface area contributed by atoms with E-state index in [-0.39, 0.29) is 35.3 Å². The minimum Gasteiger partial charge on any atom is -0.414 e. The number of rotatable bonds is 9. The Morgan fingerprint density at radius 3 is 2.55 bits per heavy atom. The fourth-order valence-electron chi connectivity index (χ4n) is 5.86. The van der Waals surface area contributed by atoms with E-state index < -0.39 is 27.6 Å². The van der Waals surface area contributed by atoms with E-state index >= 15 is 0 Å². The molecule has 0 radical (unpaired) electrons. The molecule has 0 amide bonds. The minimum absolute atomic E-state index is 0.0450. The molecule has 3 nitrogen and oxygen atoms in total. The Morgan fingerprint density at radius 1 is 1.28 bits per heavy atom. The van der Waals surface area contributed by atoms with Gasteiger partial charge in [-0.15, -0.1) is 0 Å². The van der Waals surface area contributed by atoms with Gasteiger partial charge in [0, 0.05) is 20.7 Å². The number of hydrogen-bond donors (Lipinski definition) is 1. The van der Waals surface area contributed by atoms with Gasteiger partial charge in [0.05, 0.1) is 5.60 Å². The summed E-state index contributed by atoms with van der Waals surface area (Å²) in [7, 11) is -1.92. The van der Waals surface area contributed by atoms with Crippen molar-refractivity contribution in [3.05, 3.63) is 0 Å². The lowest BCUT2D eigenvalue weighted by Gasteiger charge is -2.50. The molecule has 0 saturated heterocycles. The van der Waals surface area contributed by atoms with Crippen LogP contribution in [-0.2, 0) is 9.22 Å². The second-order valence-corrected chi connectivity index (χ2v) is 16.3. The third kappa shape index (κ3) is 5.95. The van der Waals surface area contributed by atoms with Gasteiger partial charge in [-0.1, -0.05) is 40.5 Å². The molecule has 0 heterocycles. The molecule has 0 aromatic rings. The monoisotopic (exact) mass is 430 g/mol. The summed E-state index contributed by atoms with van der Waals surface area (Å²) >= 11 is 0. The Bertz CT molecular complexity index is 716. The van der Waals surface area contributed by atoms with Crippen molar-refractivity contribution in [2.24, 2.45) is 23.2 Å². The highest BCUT2D eigenvalue weighted by atomic mass is 28.4. The lowest BCUT2D eigenvalue weighted by Crippen LogP contribution is -2.50. The second-order valence-electron chi connectivity index (χ2n) is 11.5. The molecule has 0 bridgehead atoms. The van der Waals surface area contributed by atoms with Crippen LogP contribution in [0, 0.1) is 23.2 Å². The molecule has 2 fully saturated rings. The standard InChI is InChI=1S/C25H48O3Si/c1-23(2,3)29(7,8)28-22-12-10-17-25(6)20(13-14-21(22)25)19(15-18-26)11-9-16-24(4,5)27/h18-22,27H,9-17H2,1-8H3/t19-,20+,21-,22-,25+/m0/s1/i4D3,5D3. The summed E-state index contributed by atoms with van der Waals surface area (Å²) < 4.78 is 52.6. The number of hydrogen-bond acceptors (Lipinski definition) is 3. The third-order valence-electron chi connectivity index (χ3n) is 8.47. The van der Waals surface area contributed by atoms with Gasteiger partial charge in [0.1, 0.15) is 6.29 Å². The lowest BCUT2D eigenvalue weighted by atomic mass is 9.60. The maximum absolute atomic E-state index is 11.6. The van der Waals surface area contributed by atoms with Crippen LogP contribution < -0.4 is 0 Å². The minimum atomic E-state index is -3.00. The molecule has 2 rings (SSSR count). The van der Waals surface area contributed by atoms with Crippen LogP contribution in [0.4, 0.5) is 0 Å². The van der Waals surface area contributed by atoms with E-state index in [0.717, 1.165) is 38.4 Å². The third-order valence-corrected chi connectivity index (χ3v) is 13.0. The van der Waals surface area contributed by atoms with Gasteiger partial charge < -0.3 is 14.3 Å². The van der Waals surface area contributed by atoms with E-state index in [1.54, 1.807) is 0 Å². The predicted molar refractivity (Wildman–Crippen MR) is 125 cm³/mol. The number of aliphatic hydroxyl groups is 1. The summed E-state index contributed by atoms with van der Waals surface area (Å²) in [6, 6.07) is 0. The summed E-state index contributed by atoms with van der Waals surface area (Å²) in [5, 5.41) is 10.8. The Kier molecular flexibility index (Phi) is 5.46. The molecule has 0 aromatic carbocycles. The van der Waals surface area contributed by atoms with Crippen molar-refractivity contribution < 1.29 is 22.6 Å². The number of fused-ring (bicyclic) bond motifs is 1. The van der Waals surface area contributed by atoms with Crippen molar-refractivity contribution in [2.45, 2.75) is 129 Å². The van der Waals surface area contributed by atoms with Crippen molar-refractivity contribution in [2.75, 3.05) is 0 Å². The first-order valence-electron chi connectivity index (χ1n) is 14.5. The fourth-order valence-corrected chi connectivity index (χ4v) is 7.25. The quantitative estimate of drug-likeness (QED) is 0.325. The van der Waals surface area contributed by atoms with E-state index in [1.165, 1.54) is 0 Å². The molecule has 2 saturated carbocycles. The molecule has 0 unspecified atom stereocenters. The van der Waals surface area contributed by atoms with Gasteiger partial charge in [0.2, 0.25) is 0 Å². The molecule has 5 atom stereocenters. The number of carbonyl (C=O) groups excluding carboxylic acids is 1. The van der Waals surface area contributed by atoms with Gasteiger partial charge in [-0.3, -0.25) is 0 Å². The Morgan fingerprint density at radius 2 is 1.97 bits per heavy atom. The van der Waals surface area contributed by atoms with Crippen LogP contribution in [0.1, 0.15) is 107 Å². The SMILES string of the molecule is [2H]C([2H])([2H])C(O)(CCC[C@@H](CC=O)[C@H]1CC[C@H]2[C@@H](O[Si](C)(C)C(C)(C)C)CCC[C@]12C)C([2H])([2H])[2H]. The van der Waals surface area contributed by atoms with Crippen molar-refractivity contribution in [3.8, 4) is 0 Å². The van der Waals surface area contributed by atoms with Crippen LogP contribution >= 0.6 is 0 Å².